The largest absolute Gasteiger partial charge is 0.461 e. The van der Waals surface area contributed by atoms with E-state index >= 15 is 0 Å². The second-order valence-corrected chi connectivity index (χ2v) is 4.52. The summed E-state index contributed by atoms with van der Waals surface area (Å²) in [5, 5.41) is 11.2. The molecule has 1 aromatic carbocycles. The molecule has 0 aromatic heterocycles. The molecule has 21 heavy (non-hydrogen) atoms. The number of hydrogen-bond acceptors (Lipinski definition) is 5. The van der Waals surface area contributed by atoms with Gasteiger partial charge in [-0.05, 0) is 19.4 Å². The first-order valence-electron chi connectivity index (χ1n) is 6.39. The SMILES string of the molecule is CCOC(=O)[C@](F)(C(CC(C)=O)c1ccccc1)[N+](=O)[O-]. The number of carbonyl (C=O) groups is 2. The molecular weight excluding hydrogens is 281 g/mol. The zero-order chi connectivity index (χ0) is 16.0. The monoisotopic (exact) mass is 297 g/mol. The number of nitrogens with zero attached hydrogens (tertiary/aromatic N) is 1. The second-order valence-electron chi connectivity index (χ2n) is 4.52. The summed E-state index contributed by atoms with van der Waals surface area (Å²) in [6.07, 6.45) is -0.472. The topological polar surface area (TPSA) is 86.5 Å². The number of rotatable bonds is 7. The quantitative estimate of drug-likeness (QED) is 0.333. The zero-order valence-electron chi connectivity index (χ0n) is 11.7. The molecule has 0 amide bonds. The van der Waals surface area contributed by atoms with Gasteiger partial charge in [0.25, 0.3) is 0 Å². The molecule has 0 saturated carbocycles. The van der Waals surface area contributed by atoms with Gasteiger partial charge in [0.2, 0.25) is 0 Å². The Bertz CT molecular complexity index is 533. The second kappa shape index (κ2) is 6.92. The average molecular weight is 297 g/mol. The van der Waals surface area contributed by atoms with E-state index in [1.165, 1.54) is 26.0 Å². The van der Waals surface area contributed by atoms with E-state index in [-0.39, 0.29) is 12.2 Å². The highest BCUT2D eigenvalue weighted by Gasteiger charge is 2.61. The van der Waals surface area contributed by atoms with E-state index in [9.17, 15) is 24.1 Å². The molecule has 1 aromatic rings. The van der Waals surface area contributed by atoms with Crippen LogP contribution >= 0.6 is 0 Å². The fourth-order valence-electron chi connectivity index (χ4n) is 2.02. The van der Waals surface area contributed by atoms with E-state index in [1.54, 1.807) is 18.2 Å². The van der Waals surface area contributed by atoms with Gasteiger partial charge in [0.15, 0.2) is 0 Å². The van der Waals surface area contributed by atoms with E-state index < -0.39 is 34.8 Å². The minimum absolute atomic E-state index is 0.194. The fraction of sp³-hybridized carbons (Fsp3) is 0.429. The molecule has 0 bridgehead atoms. The normalized spacial score (nSPS) is 14.8. The Morgan fingerprint density at radius 1 is 1.38 bits per heavy atom. The van der Waals surface area contributed by atoms with Crippen LogP contribution in [0, 0.1) is 10.1 Å². The van der Waals surface area contributed by atoms with Crippen LogP contribution in [0.4, 0.5) is 4.39 Å². The lowest BCUT2D eigenvalue weighted by Crippen LogP contribution is -2.49. The first kappa shape index (κ1) is 16.7. The first-order valence-corrected chi connectivity index (χ1v) is 6.39. The molecule has 0 aliphatic rings. The smallest absolute Gasteiger partial charge is 0.458 e. The number of ketones is 1. The summed E-state index contributed by atoms with van der Waals surface area (Å²) in [5.41, 5.74) is 0.194. The van der Waals surface area contributed by atoms with Crippen molar-refractivity contribution in [3.05, 3.63) is 46.0 Å². The van der Waals surface area contributed by atoms with Gasteiger partial charge in [-0.1, -0.05) is 30.3 Å². The molecule has 0 fully saturated rings. The van der Waals surface area contributed by atoms with E-state index in [0.717, 1.165) is 0 Å². The minimum Gasteiger partial charge on any atom is -0.458 e. The summed E-state index contributed by atoms with van der Waals surface area (Å²) in [6, 6.07) is 7.61. The predicted octanol–water partition coefficient (Wildman–Crippen LogP) is 2.25. The number of esters is 1. The van der Waals surface area contributed by atoms with Crippen molar-refractivity contribution in [2.24, 2.45) is 0 Å². The van der Waals surface area contributed by atoms with Gasteiger partial charge in [-0.25, -0.2) is 4.79 Å². The lowest BCUT2D eigenvalue weighted by atomic mass is 9.85. The fourth-order valence-corrected chi connectivity index (χ4v) is 2.02. The summed E-state index contributed by atoms with van der Waals surface area (Å²) in [5.74, 6) is -7.09. The maximum absolute atomic E-state index is 14.9. The van der Waals surface area contributed by atoms with Crippen LogP contribution in [-0.4, -0.2) is 29.1 Å². The van der Waals surface area contributed by atoms with Crippen molar-refractivity contribution in [3.63, 3.8) is 0 Å². The molecule has 114 valence electrons. The number of alkyl halides is 1. The molecule has 0 spiro atoms. The van der Waals surface area contributed by atoms with Gasteiger partial charge in [0.1, 0.15) is 11.7 Å². The Labute approximate surface area is 121 Å². The zero-order valence-corrected chi connectivity index (χ0v) is 11.7. The molecule has 7 heteroatoms. The van der Waals surface area contributed by atoms with E-state index in [1.807, 2.05) is 0 Å². The van der Waals surface area contributed by atoms with Crippen LogP contribution in [0.2, 0.25) is 0 Å². The van der Waals surface area contributed by atoms with Crippen molar-refractivity contribution in [2.75, 3.05) is 6.61 Å². The van der Waals surface area contributed by atoms with E-state index in [4.69, 9.17) is 0 Å². The number of halogens is 1. The van der Waals surface area contributed by atoms with Crippen LogP contribution in [-0.2, 0) is 14.3 Å². The first-order chi connectivity index (χ1) is 9.83. The third kappa shape index (κ3) is 3.62. The molecule has 0 heterocycles. The summed E-state index contributed by atoms with van der Waals surface area (Å²) in [4.78, 5) is 32.9. The predicted molar refractivity (Wildman–Crippen MR) is 71.9 cm³/mol. The Balaban J connectivity index is 3.34. The standard InChI is InChI=1S/C14H16FNO5/c1-3-21-13(18)14(15,16(19)20)12(9-10(2)17)11-7-5-4-6-8-11/h4-8,12H,3,9H2,1-2H3/t12?,14-/m0/s1. The van der Waals surface area contributed by atoms with Crippen molar-refractivity contribution in [1.82, 2.24) is 0 Å². The highest BCUT2D eigenvalue weighted by atomic mass is 19.1. The number of hydrogen-bond donors (Lipinski definition) is 0. The molecule has 1 unspecified atom stereocenters. The molecule has 0 saturated heterocycles. The van der Waals surface area contributed by atoms with Crippen LogP contribution in [0.15, 0.2) is 30.3 Å². The van der Waals surface area contributed by atoms with Crippen molar-refractivity contribution in [1.29, 1.82) is 0 Å². The van der Waals surface area contributed by atoms with Crippen molar-refractivity contribution in [2.45, 2.75) is 32.0 Å². The van der Waals surface area contributed by atoms with Gasteiger partial charge in [-0.2, -0.15) is 4.39 Å². The van der Waals surface area contributed by atoms with Crippen LogP contribution in [0.1, 0.15) is 31.7 Å². The van der Waals surface area contributed by atoms with Gasteiger partial charge in [0.05, 0.1) is 11.5 Å². The van der Waals surface area contributed by atoms with Gasteiger partial charge in [0, 0.05) is 6.42 Å². The summed E-state index contributed by atoms with van der Waals surface area (Å²) in [6.45, 7) is 2.40. The Morgan fingerprint density at radius 2 is 1.95 bits per heavy atom. The van der Waals surface area contributed by atoms with Gasteiger partial charge in [-0.15, -0.1) is 0 Å². The lowest BCUT2D eigenvalue weighted by molar-refractivity contribution is -0.594. The number of nitro groups is 1. The van der Waals surface area contributed by atoms with E-state index in [0.29, 0.717) is 0 Å². The minimum atomic E-state index is -3.50. The van der Waals surface area contributed by atoms with Crippen LogP contribution in [0.5, 0.6) is 0 Å². The van der Waals surface area contributed by atoms with Gasteiger partial charge < -0.3 is 4.74 Å². The van der Waals surface area contributed by atoms with Gasteiger partial charge in [-0.3, -0.25) is 14.9 Å². The Kier molecular flexibility index (Phi) is 5.52. The summed E-state index contributed by atoms with van der Waals surface area (Å²) in [7, 11) is 0. The molecule has 1 rings (SSSR count). The molecule has 0 aliphatic heterocycles. The third-order valence-electron chi connectivity index (χ3n) is 2.98. The number of Topliss-reactive ketones (excluding diaryl/α,β-unsaturated/α-hetero) is 1. The molecular formula is C14H16FNO5. The highest BCUT2D eigenvalue weighted by molar-refractivity contribution is 5.82. The average Bonchev–Trinajstić information content (AvgIpc) is 2.44. The van der Waals surface area contributed by atoms with Crippen LogP contribution in [0.25, 0.3) is 0 Å². The number of carbonyl (C=O) groups excluding carboxylic acids is 2. The van der Waals surface area contributed by atoms with Crippen LogP contribution < -0.4 is 0 Å². The molecule has 0 aliphatic carbocycles. The lowest BCUT2D eigenvalue weighted by Gasteiger charge is -2.24. The third-order valence-corrected chi connectivity index (χ3v) is 2.98. The van der Waals surface area contributed by atoms with Crippen molar-refractivity contribution >= 4 is 11.8 Å². The van der Waals surface area contributed by atoms with E-state index in [2.05, 4.69) is 4.74 Å². The van der Waals surface area contributed by atoms with Crippen LogP contribution in [0.3, 0.4) is 0 Å². The Morgan fingerprint density at radius 3 is 2.38 bits per heavy atom. The molecule has 0 radical (unpaired) electrons. The molecule has 6 nitrogen and oxygen atoms in total. The molecule has 0 N–H and O–H groups in total. The maximum atomic E-state index is 14.9. The van der Waals surface area contributed by atoms with Crippen molar-refractivity contribution < 1.29 is 23.6 Å². The Hall–Kier alpha value is -2.31. The summed E-state index contributed by atoms with van der Waals surface area (Å²) >= 11 is 0. The number of ether oxygens (including phenoxy) is 1. The number of benzene rings is 1. The van der Waals surface area contributed by atoms with Crippen molar-refractivity contribution in [3.8, 4) is 0 Å². The molecule has 2 atom stereocenters. The highest BCUT2D eigenvalue weighted by Crippen LogP contribution is 2.36. The van der Waals surface area contributed by atoms with Gasteiger partial charge >= 0.3 is 11.8 Å². The summed E-state index contributed by atoms with van der Waals surface area (Å²) < 4.78 is 19.4. The maximum Gasteiger partial charge on any atom is 0.461 e.